The zero-order valence-corrected chi connectivity index (χ0v) is 16.2. The van der Waals surface area contributed by atoms with Crippen molar-refractivity contribution in [3.63, 3.8) is 0 Å². The fourth-order valence-electron chi connectivity index (χ4n) is 3.58. The van der Waals surface area contributed by atoms with Crippen LogP contribution < -0.4 is 21.5 Å². The lowest BCUT2D eigenvalue weighted by atomic mass is 9.96. The predicted octanol–water partition coefficient (Wildman–Crippen LogP) is 0.581. The van der Waals surface area contributed by atoms with Crippen LogP contribution >= 0.6 is 0 Å². The Balaban J connectivity index is 1.98. The Hall–Kier alpha value is -3.04. The third-order valence-corrected chi connectivity index (χ3v) is 4.95. The molecule has 3 amide bonds. The second kappa shape index (κ2) is 5.98. The van der Waals surface area contributed by atoms with Crippen molar-refractivity contribution in [1.29, 1.82) is 0 Å². The summed E-state index contributed by atoms with van der Waals surface area (Å²) in [5.74, 6) is -0.830. The molecule has 1 aliphatic carbocycles. The molecule has 0 aromatic carbocycles. The lowest BCUT2D eigenvalue weighted by molar-refractivity contribution is 0.0944. The predicted molar refractivity (Wildman–Crippen MR) is 102 cm³/mol. The zero-order chi connectivity index (χ0) is 20.4. The van der Waals surface area contributed by atoms with Crippen molar-refractivity contribution in [2.45, 2.75) is 52.6 Å². The minimum absolute atomic E-state index is 0.0334. The van der Waals surface area contributed by atoms with Crippen LogP contribution in [0.2, 0.25) is 0 Å². The van der Waals surface area contributed by atoms with Crippen molar-refractivity contribution < 1.29 is 14.7 Å². The van der Waals surface area contributed by atoms with Gasteiger partial charge < -0.3 is 16.2 Å². The van der Waals surface area contributed by atoms with Gasteiger partial charge in [0.05, 0.1) is 0 Å². The highest BCUT2D eigenvalue weighted by molar-refractivity contribution is 5.97. The first-order chi connectivity index (χ1) is 13.1. The second-order valence-electron chi connectivity index (χ2n) is 8.68. The summed E-state index contributed by atoms with van der Waals surface area (Å²) in [7, 11) is 0. The highest BCUT2D eigenvalue weighted by Gasteiger charge is 2.35. The number of aromatic hydroxyl groups is 1. The number of nitrogens with two attached hydrogens (primary N) is 1. The molecule has 28 heavy (non-hydrogen) atoms. The molecule has 10 heteroatoms. The van der Waals surface area contributed by atoms with Crippen molar-refractivity contribution in [1.82, 2.24) is 19.5 Å². The van der Waals surface area contributed by atoms with Crippen molar-refractivity contribution in [3.05, 3.63) is 21.5 Å². The van der Waals surface area contributed by atoms with Crippen LogP contribution in [-0.4, -0.2) is 43.8 Å². The standard InChI is InChI=1S/C18H24N6O4/c1-18(2,3)8-23-14-10-6-7-22(17(19)28)12(10)21-24(14)16(27)11(15(23)26)13(25)20-9-4-5-9/h9,27H,4-8H2,1-3H3,(H2,19,28)(H,20,25). The van der Waals surface area contributed by atoms with E-state index >= 15 is 0 Å². The third-order valence-electron chi connectivity index (χ3n) is 4.95. The molecule has 0 bridgehead atoms. The summed E-state index contributed by atoms with van der Waals surface area (Å²) in [4.78, 5) is 38.9. The number of aromatic nitrogens is 3. The van der Waals surface area contributed by atoms with E-state index in [1.807, 2.05) is 20.8 Å². The summed E-state index contributed by atoms with van der Waals surface area (Å²) < 4.78 is 2.65. The molecule has 2 aromatic rings. The van der Waals surface area contributed by atoms with E-state index in [9.17, 15) is 19.5 Å². The molecule has 150 valence electrons. The molecule has 0 unspecified atom stereocenters. The molecule has 0 saturated heterocycles. The van der Waals surface area contributed by atoms with Gasteiger partial charge in [-0.3, -0.25) is 19.1 Å². The number of nitrogens with one attached hydrogen (secondary N) is 1. The minimum atomic E-state index is -0.655. The number of rotatable bonds is 3. The molecule has 1 fully saturated rings. The number of amides is 3. The first kappa shape index (κ1) is 18.3. The molecule has 2 aromatic heterocycles. The van der Waals surface area contributed by atoms with Crippen LogP contribution in [0.5, 0.6) is 5.88 Å². The van der Waals surface area contributed by atoms with Gasteiger partial charge in [-0.15, -0.1) is 5.10 Å². The van der Waals surface area contributed by atoms with Crippen LogP contribution in [-0.2, 0) is 13.0 Å². The van der Waals surface area contributed by atoms with Gasteiger partial charge in [0.2, 0.25) is 5.88 Å². The number of hydrogen-bond donors (Lipinski definition) is 3. The van der Waals surface area contributed by atoms with Crippen LogP contribution in [0.1, 0.15) is 49.5 Å². The second-order valence-corrected chi connectivity index (χ2v) is 8.68. The number of carbonyl (C=O) groups is 2. The molecular weight excluding hydrogens is 364 g/mol. The van der Waals surface area contributed by atoms with E-state index in [0.29, 0.717) is 36.5 Å². The zero-order valence-electron chi connectivity index (χ0n) is 16.2. The van der Waals surface area contributed by atoms with E-state index in [2.05, 4.69) is 10.4 Å². The van der Waals surface area contributed by atoms with Crippen LogP contribution in [0, 0.1) is 5.41 Å². The van der Waals surface area contributed by atoms with E-state index in [1.165, 1.54) is 14.0 Å². The number of primary amides is 1. The molecule has 0 spiro atoms. The van der Waals surface area contributed by atoms with Crippen molar-refractivity contribution >= 4 is 23.4 Å². The average Bonchev–Trinajstić information content (AvgIpc) is 3.15. The maximum Gasteiger partial charge on any atom is 0.320 e. The van der Waals surface area contributed by atoms with Gasteiger partial charge >= 0.3 is 6.03 Å². The van der Waals surface area contributed by atoms with Gasteiger partial charge in [0.25, 0.3) is 11.5 Å². The summed E-state index contributed by atoms with van der Waals surface area (Å²) in [6.45, 7) is 6.59. The molecule has 2 aliphatic rings. The van der Waals surface area contributed by atoms with Crippen LogP contribution in [0.3, 0.4) is 0 Å². The molecule has 0 radical (unpaired) electrons. The average molecular weight is 388 g/mol. The smallest absolute Gasteiger partial charge is 0.320 e. The summed E-state index contributed by atoms with van der Waals surface area (Å²) in [5, 5.41) is 17.8. The van der Waals surface area contributed by atoms with Crippen molar-refractivity contribution in [2.24, 2.45) is 11.1 Å². The van der Waals surface area contributed by atoms with Gasteiger partial charge in [-0.25, -0.2) is 4.79 Å². The van der Waals surface area contributed by atoms with Gasteiger partial charge in [0.1, 0.15) is 5.65 Å². The Morgan fingerprint density at radius 2 is 2.00 bits per heavy atom. The number of anilines is 1. The lowest BCUT2D eigenvalue weighted by Crippen LogP contribution is -2.37. The summed E-state index contributed by atoms with van der Waals surface area (Å²) in [6, 6.07) is -0.621. The fourth-order valence-corrected chi connectivity index (χ4v) is 3.58. The molecule has 1 saturated carbocycles. The van der Waals surface area contributed by atoms with E-state index in [-0.39, 0.29) is 17.0 Å². The minimum Gasteiger partial charge on any atom is -0.492 e. The Morgan fingerprint density at radius 3 is 2.57 bits per heavy atom. The van der Waals surface area contributed by atoms with Gasteiger partial charge in [0.15, 0.2) is 11.4 Å². The Morgan fingerprint density at radius 1 is 1.32 bits per heavy atom. The topological polar surface area (TPSA) is 135 Å². The Labute approximate surface area is 160 Å². The quantitative estimate of drug-likeness (QED) is 0.707. The number of hydrogen-bond acceptors (Lipinski definition) is 5. The first-order valence-corrected chi connectivity index (χ1v) is 9.33. The van der Waals surface area contributed by atoms with Crippen LogP contribution in [0.15, 0.2) is 4.79 Å². The number of urea groups is 1. The largest absolute Gasteiger partial charge is 0.492 e. The van der Waals surface area contributed by atoms with E-state index < -0.39 is 23.4 Å². The molecule has 3 heterocycles. The van der Waals surface area contributed by atoms with Gasteiger partial charge in [-0.05, 0) is 24.7 Å². The molecule has 4 rings (SSSR count). The lowest BCUT2D eigenvalue weighted by Gasteiger charge is -2.22. The number of fused-ring (bicyclic) bond motifs is 3. The maximum absolute atomic E-state index is 13.2. The highest BCUT2D eigenvalue weighted by Crippen LogP contribution is 2.33. The van der Waals surface area contributed by atoms with Crippen molar-refractivity contribution in [2.75, 3.05) is 11.4 Å². The summed E-state index contributed by atoms with van der Waals surface area (Å²) in [5.41, 5.74) is 5.29. The van der Waals surface area contributed by atoms with Crippen LogP contribution in [0.4, 0.5) is 10.6 Å². The van der Waals surface area contributed by atoms with Gasteiger partial charge in [-0.2, -0.15) is 4.52 Å². The third kappa shape index (κ3) is 2.88. The van der Waals surface area contributed by atoms with Crippen molar-refractivity contribution in [3.8, 4) is 5.88 Å². The SMILES string of the molecule is CC(C)(C)Cn1c(=O)c(C(=O)NC2CC2)c(O)n2nc3c(c12)CCN3C(N)=O. The Bertz CT molecular complexity index is 1060. The van der Waals surface area contributed by atoms with Gasteiger partial charge in [-0.1, -0.05) is 20.8 Å². The maximum atomic E-state index is 13.2. The highest BCUT2D eigenvalue weighted by atomic mass is 16.3. The summed E-state index contributed by atoms with van der Waals surface area (Å²) >= 11 is 0. The van der Waals surface area contributed by atoms with E-state index in [1.54, 1.807) is 0 Å². The number of nitrogens with zero attached hydrogens (tertiary/aromatic N) is 4. The van der Waals surface area contributed by atoms with E-state index in [4.69, 9.17) is 5.73 Å². The van der Waals surface area contributed by atoms with Gasteiger partial charge in [0, 0.05) is 24.7 Å². The summed E-state index contributed by atoms with van der Waals surface area (Å²) in [6.07, 6.45) is 2.17. The first-order valence-electron chi connectivity index (χ1n) is 9.33. The molecule has 0 atom stereocenters. The van der Waals surface area contributed by atoms with E-state index in [0.717, 1.165) is 12.8 Å². The Kier molecular flexibility index (Phi) is 3.91. The normalized spacial score (nSPS) is 16.5. The fraction of sp³-hybridized carbons (Fsp3) is 0.556. The molecular formula is C18H24N6O4. The molecule has 10 nitrogen and oxygen atoms in total. The van der Waals surface area contributed by atoms with Crippen LogP contribution in [0.25, 0.3) is 5.65 Å². The molecule has 1 aliphatic heterocycles. The number of carbonyl (C=O) groups excluding carboxylic acids is 2. The molecule has 4 N–H and O–H groups in total. The monoisotopic (exact) mass is 388 g/mol.